The lowest BCUT2D eigenvalue weighted by Gasteiger charge is -2.23. The largest absolute Gasteiger partial charge is 0.507 e. The molecule has 0 bridgehead atoms. The summed E-state index contributed by atoms with van der Waals surface area (Å²) in [6, 6.07) is 20.4. The number of ether oxygens (including phenoxy) is 2. The Labute approximate surface area is 194 Å². The van der Waals surface area contributed by atoms with Crippen LogP contribution in [0, 0.1) is 0 Å². The maximum absolute atomic E-state index is 11.0. The van der Waals surface area contributed by atoms with Crippen molar-refractivity contribution in [3.8, 4) is 17.2 Å². The zero-order valence-electron chi connectivity index (χ0n) is 18.8. The average Bonchev–Trinajstić information content (AvgIpc) is 2.77. The average molecular weight is 455 g/mol. The Morgan fingerprint density at radius 2 is 1.23 bits per heavy atom. The van der Waals surface area contributed by atoms with Crippen molar-refractivity contribution in [1.82, 2.24) is 0 Å². The molecule has 0 amide bonds. The summed E-state index contributed by atoms with van der Waals surface area (Å²) in [5.74, 6) is 3.67. The minimum Gasteiger partial charge on any atom is -0.507 e. The van der Waals surface area contributed by atoms with Crippen molar-refractivity contribution in [1.29, 1.82) is 0 Å². The van der Waals surface area contributed by atoms with Crippen molar-refractivity contribution in [3.05, 3.63) is 77.4 Å². The van der Waals surface area contributed by atoms with Crippen LogP contribution >= 0.6 is 23.5 Å². The van der Waals surface area contributed by atoms with Gasteiger partial charge in [0.1, 0.15) is 17.2 Å². The van der Waals surface area contributed by atoms with E-state index in [-0.39, 0.29) is 5.41 Å². The van der Waals surface area contributed by atoms with Gasteiger partial charge in [-0.25, -0.2) is 0 Å². The molecule has 0 unspecified atom stereocenters. The highest BCUT2D eigenvalue weighted by molar-refractivity contribution is 7.98. The smallest absolute Gasteiger partial charge is 0.123 e. The number of hydrogen-bond acceptors (Lipinski definition) is 5. The first-order chi connectivity index (χ1) is 14.8. The summed E-state index contributed by atoms with van der Waals surface area (Å²) in [6.45, 7) is 6.43. The predicted octanol–water partition coefficient (Wildman–Crippen LogP) is 7.29. The van der Waals surface area contributed by atoms with Crippen LogP contribution in [0.4, 0.5) is 0 Å². The fourth-order valence-electron chi connectivity index (χ4n) is 3.20. The third kappa shape index (κ3) is 6.37. The zero-order valence-corrected chi connectivity index (χ0v) is 20.4. The molecular formula is C26H30O3S2. The van der Waals surface area contributed by atoms with Gasteiger partial charge in [-0.3, -0.25) is 0 Å². The van der Waals surface area contributed by atoms with Gasteiger partial charge < -0.3 is 14.6 Å². The molecule has 3 nitrogen and oxygen atoms in total. The Morgan fingerprint density at radius 1 is 0.742 bits per heavy atom. The molecule has 0 fully saturated rings. The molecule has 31 heavy (non-hydrogen) atoms. The van der Waals surface area contributed by atoms with Crippen molar-refractivity contribution in [2.24, 2.45) is 0 Å². The summed E-state index contributed by atoms with van der Waals surface area (Å²) < 4.78 is 10.5. The van der Waals surface area contributed by atoms with Crippen molar-refractivity contribution in [2.45, 2.75) is 47.5 Å². The molecule has 0 aliphatic rings. The Kier molecular flexibility index (Phi) is 7.84. The number of phenolic OH excluding ortho intramolecular Hbond substituents is 1. The summed E-state index contributed by atoms with van der Waals surface area (Å²) in [4.78, 5) is 2.34. The summed E-state index contributed by atoms with van der Waals surface area (Å²) >= 11 is 3.50. The highest BCUT2D eigenvalue weighted by Crippen LogP contribution is 2.38. The van der Waals surface area contributed by atoms with E-state index in [1.165, 1.54) is 10.5 Å². The Hall–Kier alpha value is -2.24. The normalized spacial score (nSPS) is 11.4. The van der Waals surface area contributed by atoms with Crippen LogP contribution in [0.5, 0.6) is 17.2 Å². The Balaban J connectivity index is 1.79. The maximum Gasteiger partial charge on any atom is 0.123 e. The van der Waals surface area contributed by atoms with Crippen molar-refractivity contribution >= 4 is 23.5 Å². The van der Waals surface area contributed by atoms with E-state index in [2.05, 4.69) is 57.2 Å². The summed E-state index contributed by atoms with van der Waals surface area (Å²) in [5.41, 5.74) is 3.04. The third-order valence-electron chi connectivity index (χ3n) is 4.98. The highest BCUT2D eigenvalue weighted by atomic mass is 32.2. The lowest BCUT2D eigenvalue weighted by atomic mass is 9.84. The molecule has 0 saturated heterocycles. The van der Waals surface area contributed by atoms with Crippen LogP contribution in [0.15, 0.2) is 70.5 Å². The molecule has 0 radical (unpaired) electrons. The molecule has 1 N–H and O–H groups in total. The fraction of sp³-hybridized carbons (Fsp3) is 0.308. The second-order valence-corrected chi connectivity index (χ2v) is 10.4. The summed E-state index contributed by atoms with van der Waals surface area (Å²) in [5, 5.41) is 11.0. The van der Waals surface area contributed by atoms with E-state index in [9.17, 15) is 5.11 Å². The Bertz CT molecular complexity index is 991. The van der Waals surface area contributed by atoms with Gasteiger partial charge in [-0.15, -0.1) is 23.5 Å². The van der Waals surface area contributed by atoms with Gasteiger partial charge in [-0.2, -0.15) is 0 Å². The standard InChI is InChI=1S/C26H30O3S2/c1-26(2,3)24-15-18(16-30-22-10-6-20(28-4)7-11-22)14-19(25(24)27)17-31-23-12-8-21(29-5)9-13-23/h6-15,27H,16-17H2,1-5H3. The lowest BCUT2D eigenvalue weighted by Crippen LogP contribution is -2.12. The van der Waals surface area contributed by atoms with E-state index in [4.69, 9.17) is 9.47 Å². The minimum atomic E-state index is -0.135. The maximum atomic E-state index is 11.0. The van der Waals surface area contributed by atoms with Crippen LogP contribution in [0.1, 0.15) is 37.5 Å². The minimum absolute atomic E-state index is 0.135. The molecule has 0 spiro atoms. The van der Waals surface area contributed by atoms with E-state index < -0.39 is 0 Å². The monoisotopic (exact) mass is 454 g/mol. The number of rotatable bonds is 8. The van der Waals surface area contributed by atoms with Crippen LogP contribution in [0.3, 0.4) is 0 Å². The second kappa shape index (κ2) is 10.4. The van der Waals surface area contributed by atoms with E-state index >= 15 is 0 Å². The molecule has 0 atom stereocenters. The molecule has 3 rings (SSSR count). The fourth-order valence-corrected chi connectivity index (χ4v) is 4.90. The van der Waals surface area contributed by atoms with Crippen molar-refractivity contribution in [2.75, 3.05) is 14.2 Å². The van der Waals surface area contributed by atoms with Crippen LogP contribution in [0.2, 0.25) is 0 Å². The van der Waals surface area contributed by atoms with E-state index in [1.54, 1.807) is 37.7 Å². The molecule has 0 saturated carbocycles. The van der Waals surface area contributed by atoms with Gasteiger partial charge in [0, 0.05) is 26.9 Å². The van der Waals surface area contributed by atoms with Crippen molar-refractivity contribution < 1.29 is 14.6 Å². The molecule has 0 aliphatic carbocycles. The number of methoxy groups -OCH3 is 2. The molecule has 5 heteroatoms. The number of phenols is 1. The number of benzene rings is 3. The van der Waals surface area contributed by atoms with E-state index in [0.717, 1.165) is 33.3 Å². The van der Waals surface area contributed by atoms with Crippen LogP contribution < -0.4 is 9.47 Å². The SMILES string of the molecule is COc1ccc(SCc2cc(CSc3ccc(OC)cc3)c(O)c(C(C)(C)C)c2)cc1. The number of hydrogen-bond donors (Lipinski definition) is 1. The Morgan fingerprint density at radius 3 is 1.68 bits per heavy atom. The molecule has 3 aromatic carbocycles. The van der Waals surface area contributed by atoms with Gasteiger partial charge >= 0.3 is 0 Å². The molecule has 0 heterocycles. The first-order valence-corrected chi connectivity index (χ1v) is 12.2. The molecule has 0 aliphatic heterocycles. The third-order valence-corrected chi connectivity index (χ3v) is 7.12. The zero-order chi connectivity index (χ0) is 22.4. The van der Waals surface area contributed by atoms with Gasteiger partial charge in [0.25, 0.3) is 0 Å². The van der Waals surface area contributed by atoms with Crippen LogP contribution in [-0.2, 0) is 16.9 Å². The van der Waals surface area contributed by atoms with Gasteiger partial charge in [-0.1, -0.05) is 32.9 Å². The first kappa shape index (κ1) is 23.4. The lowest BCUT2D eigenvalue weighted by molar-refractivity contribution is 0.414. The first-order valence-electron chi connectivity index (χ1n) is 10.2. The van der Waals surface area contributed by atoms with Crippen LogP contribution in [-0.4, -0.2) is 19.3 Å². The van der Waals surface area contributed by atoms with Gasteiger partial charge in [0.05, 0.1) is 14.2 Å². The van der Waals surface area contributed by atoms with Crippen LogP contribution in [0.25, 0.3) is 0 Å². The van der Waals surface area contributed by atoms with Gasteiger partial charge in [0.15, 0.2) is 0 Å². The molecule has 164 valence electrons. The summed E-state index contributed by atoms with van der Waals surface area (Å²) in [7, 11) is 3.35. The second-order valence-electron chi connectivity index (χ2n) is 8.33. The summed E-state index contributed by atoms with van der Waals surface area (Å²) in [6.07, 6.45) is 0. The topological polar surface area (TPSA) is 38.7 Å². The quantitative estimate of drug-likeness (QED) is 0.362. The van der Waals surface area contributed by atoms with E-state index in [0.29, 0.717) is 11.5 Å². The van der Waals surface area contributed by atoms with Gasteiger partial charge in [0.2, 0.25) is 0 Å². The molecule has 3 aromatic rings. The molecular weight excluding hydrogens is 424 g/mol. The van der Waals surface area contributed by atoms with Crippen molar-refractivity contribution in [3.63, 3.8) is 0 Å². The molecule has 0 aromatic heterocycles. The number of aromatic hydroxyl groups is 1. The number of thioether (sulfide) groups is 2. The van der Waals surface area contributed by atoms with E-state index in [1.807, 2.05) is 24.3 Å². The highest BCUT2D eigenvalue weighted by Gasteiger charge is 2.21. The van der Waals surface area contributed by atoms with Gasteiger partial charge in [-0.05, 0) is 65.1 Å². The predicted molar refractivity (Wildman–Crippen MR) is 132 cm³/mol.